The van der Waals surface area contributed by atoms with Crippen LogP contribution in [0.2, 0.25) is 0 Å². The quantitative estimate of drug-likeness (QED) is 0.627. The van der Waals surface area contributed by atoms with Crippen LogP contribution in [0.1, 0.15) is 47.0 Å². The summed E-state index contributed by atoms with van der Waals surface area (Å²) in [5.41, 5.74) is 2.75. The molecular weight excluding hydrogens is 399 g/mol. The molecule has 0 spiro atoms. The number of nitrogens with one attached hydrogen (secondary N) is 1. The van der Waals surface area contributed by atoms with Crippen LogP contribution in [0.15, 0.2) is 72.2 Å². The van der Waals surface area contributed by atoms with Crippen molar-refractivity contribution < 1.29 is 14.0 Å². The summed E-state index contributed by atoms with van der Waals surface area (Å²) in [6, 6.07) is 17.0. The maximum absolute atomic E-state index is 13.4. The molecule has 4 rings (SSSR count). The van der Waals surface area contributed by atoms with Gasteiger partial charge in [0.2, 0.25) is 11.8 Å². The van der Waals surface area contributed by atoms with E-state index >= 15 is 0 Å². The molecule has 2 aromatic carbocycles. The van der Waals surface area contributed by atoms with Gasteiger partial charge in [0.25, 0.3) is 0 Å². The molecule has 4 nitrogen and oxygen atoms in total. The summed E-state index contributed by atoms with van der Waals surface area (Å²) >= 11 is 1.53. The van der Waals surface area contributed by atoms with E-state index in [2.05, 4.69) is 5.32 Å². The van der Waals surface area contributed by atoms with Gasteiger partial charge in [-0.25, -0.2) is 4.39 Å². The van der Waals surface area contributed by atoms with E-state index in [1.807, 2.05) is 47.9 Å². The SMILES string of the molecule is CC(=O)N1C=Cc2ccccc2C1CC(=O)NC(c1ccc(F)cc1)c1cccs1. The van der Waals surface area contributed by atoms with Crippen LogP contribution in [0, 0.1) is 5.82 Å². The number of thiophene rings is 1. The van der Waals surface area contributed by atoms with Crippen molar-refractivity contribution in [2.24, 2.45) is 0 Å². The minimum absolute atomic E-state index is 0.119. The van der Waals surface area contributed by atoms with Crippen LogP contribution < -0.4 is 5.32 Å². The number of halogens is 1. The second kappa shape index (κ2) is 8.63. The standard InChI is InChI=1S/C24H21FN2O2S/c1-16(28)27-13-12-17-5-2-3-6-20(17)21(27)15-23(29)26-24(22-7-4-14-30-22)18-8-10-19(25)11-9-18/h2-14,21,24H,15H2,1H3,(H,26,29). The third-order valence-electron chi connectivity index (χ3n) is 5.18. The lowest BCUT2D eigenvalue weighted by Gasteiger charge is -2.32. The van der Waals surface area contributed by atoms with Crippen molar-refractivity contribution in [3.63, 3.8) is 0 Å². The summed E-state index contributed by atoms with van der Waals surface area (Å²) in [5, 5.41) is 5.02. The lowest BCUT2D eigenvalue weighted by molar-refractivity contribution is -0.130. The van der Waals surface area contributed by atoms with Crippen molar-refractivity contribution in [2.45, 2.75) is 25.4 Å². The zero-order chi connectivity index (χ0) is 21.1. The molecule has 1 N–H and O–H groups in total. The lowest BCUT2D eigenvalue weighted by Crippen LogP contribution is -2.36. The highest BCUT2D eigenvalue weighted by atomic mass is 32.1. The maximum Gasteiger partial charge on any atom is 0.223 e. The number of carbonyl (C=O) groups excluding carboxylic acids is 2. The molecule has 152 valence electrons. The van der Waals surface area contributed by atoms with E-state index in [0.29, 0.717) is 0 Å². The summed E-state index contributed by atoms with van der Waals surface area (Å²) < 4.78 is 13.4. The van der Waals surface area contributed by atoms with E-state index in [4.69, 9.17) is 0 Å². The first-order valence-corrected chi connectivity index (χ1v) is 10.5. The monoisotopic (exact) mass is 420 g/mol. The van der Waals surface area contributed by atoms with Gasteiger partial charge in [-0.2, -0.15) is 0 Å². The van der Waals surface area contributed by atoms with Gasteiger partial charge < -0.3 is 10.2 Å². The van der Waals surface area contributed by atoms with Gasteiger partial charge >= 0.3 is 0 Å². The van der Waals surface area contributed by atoms with Crippen molar-refractivity contribution in [1.82, 2.24) is 10.2 Å². The number of rotatable bonds is 5. The first-order valence-electron chi connectivity index (χ1n) is 9.67. The Morgan fingerprint density at radius 2 is 1.87 bits per heavy atom. The van der Waals surface area contributed by atoms with E-state index in [-0.39, 0.29) is 36.1 Å². The highest BCUT2D eigenvalue weighted by Crippen LogP contribution is 2.33. The fourth-order valence-electron chi connectivity index (χ4n) is 3.74. The third-order valence-corrected chi connectivity index (χ3v) is 6.12. The number of amides is 2. The van der Waals surface area contributed by atoms with E-state index in [1.54, 1.807) is 23.2 Å². The second-order valence-electron chi connectivity index (χ2n) is 7.16. The number of carbonyl (C=O) groups is 2. The normalized spacial score (nSPS) is 16.1. The Balaban J connectivity index is 1.59. The molecule has 2 atom stereocenters. The van der Waals surface area contributed by atoms with Crippen LogP contribution in [-0.2, 0) is 9.59 Å². The van der Waals surface area contributed by atoms with Crippen LogP contribution in [0.4, 0.5) is 4.39 Å². The van der Waals surface area contributed by atoms with E-state index in [0.717, 1.165) is 21.6 Å². The molecule has 1 aromatic heterocycles. The Kier molecular flexibility index (Phi) is 5.77. The Morgan fingerprint density at radius 3 is 2.57 bits per heavy atom. The Morgan fingerprint density at radius 1 is 1.10 bits per heavy atom. The van der Waals surface area contributed by atoms with Crippen LogP contribution in [0.25, 0.3) is 6.08 Å². The van der Waals surface area contributed by atoms with Crippen molar-refractivity contribution in [3.05, 3.63) is 99.6 Å². The van der Waals surface area contributed by atoms with Gasteiger partial charge in [-0.15, -0.1) is 11.3 Å². The molecule has 0 aliphatic carbocycles. The topological polar surface area (TPSA) is 49.4 Å². The lowest BCUT2D eigenvalue weighted by atomic mass is 9.93. The molecule has 1 aliphatic heterocycles. The molecule has 0 fully saturated rings. The highest BCUT2D eigenvalue weighted by Gasteiger charge is 2.29. The minimum atomic E-state index is -0.377. The third kappa shape index (κ3) is 4.19. The van der Waals surface area contributed by atoms with Gasteiger partial charge in [0.15, 0.2) is 0 Å². The molecular formula is C24H21FN2O2S. The molecule has 2 heterocycles. The molecule has 2 unspecified atom stereocenters. The number of hydrogen-bond acceptors (Lipinski definition) is 3. The molecule has 0 radical (unpaired) electrons. The van der Waals surface area contributed by atoms with Gasteiger partial charge in [0.1, 0.15) is 5.82 Å². The van der Waals surface area contributed by atoms with Crippen molar-refractivity contribution >= 4 is 29.2 Å². The number of fused-ring (bicyclic) bond motifs is 1. The fourth-order valence-corrected chi connectivity index (χ4v) is 4.54. The summed E-state index contributed by atoms with van der Waals surface area (Å²) in [7, 11) is 0. The Labute approximate surface area is 178 Å². The molecule has 2 amide bonds. The van der Waals surface area contributed by atoms with Gasteiger partial charge in [-0.05, 0) is 46.3 Å². The average molecular weight is 421 g/mol. The summed E-state index contributed by atoms with van der Waals surface area (Å²) in [6.45, 7) is 1.50. The Hall–Kier alpha value is -3.25. The average Bonchev–Trinajstić information content (AvgIpc) is 3.27. The summed E-state index contributed by atoms with van der Waals surface area (Å²) in [5.74, 6) is -0.622. The number of benzene rings is 2. The van der Waals surface area contributed by atoms with Crippen LogP contribution in [-0.4, -0.2) is 16.7 Å². The molecule has 0 saturated heterocycles. The smallest absolute Gasteiger partial charge is 0.223 e. The van der Waals surface area contributed by atoms with Gasteiger partial charge in [-0.3, -0.25) is 9.59 Å². The minimum Gasteiger partial charge on any atom is -0.344 e. The molecule has 0 bridgehead atoms. The summed E-state index contributed by atoms with van der Waals surface area (Å²) in [6.07, 6.45) is 3.75. The molecule has 0 saturated carbocycles. The number of hydrogen-bond donors (Lipinski definition) is 1. The van der Waals surface area contributed by atoms with Gasteiger partial charge in [0, 0.05) is 18.0 Å². The fraction of sp³-hybridized carbons (Fsp3) is 0.167. The second-order valence-corrected chi connectivity index (χ2v) is 8.14. The van der Waals surface area contributed by atoms with Crippen LogP contribution in [0.3, 0.4) is 0 Å². The zero-order valence-electron chi connectivity index (χ0n) is 16.4. The first kappa shape index (κ1) is 20.0. The van der Waals surface area contributed by atoms with Crippen molar-refractivity contribution in [1.29, 1.82) is 0 Å². The van der Waals surface area contributed by atoms with E-state index in [1.165, 1.54) is 30.4 Å². The van der Waals surface area contributed by atoms with Crippen LogP contribution in [0.5, 0.6) is 0 Å². The van der Waals surface area contributed by atoms with Crippen LogP contribution >= 0.6 is 11.3 Å². The first-order chi connectivity index (χ1) is 14.5. The maximum atomic E-state index is 13.4. The predicted molar refractivity (Wildman–Crippen MR) is 116 cm³/mol. The van der Waals surface area contributed by atoms with E-state index < -0.39 is 0 Å². The predicted octanol–water partition coefficient (Wildman–Crippen LogP) is 5.06. The largest absolute Gasteiger partial charge is 0.344 e. The zero-order valence-corrected chi connectivity index (χ0v) is 17.2. The van der Waals surface area contributed by atoms with E-state index in [9.17, 15) is 14.0 Å². The van der Waals surface area contributed by atoms with Crippen molar-refractivity contribution in [2.75, 3.05) is 0 Å². The highest BCUT2D eigenvalue weighted by molar-refractivity contribution is 7.10. The molecule has 1 aliphatic rings. The van der Waals surface area contributed by atoms with Gasteiger partial charge in [0.05, 0.1) is 18.5 Å². The molecule has 3 aromatic rings. The van der Waals surface area contributed by atoms with Gasteiger partial charge in [-0.1, -0.05) is 42.5 Å². The Bertz CT molecular complexity index is 1080. The summed E-state index contributed by atoms with van der Waals surface area (Å²) in [4.78, 5) is 27.8. The van der Waals surface area contributed by atoms with Crippen molar-refractivity contribution in [3.8, 4) is 0 Å². The number of nitrogens with zero attached hydrogens (tertiary/aromatic N) is 1. The molecule has 6 heteroatoms. The molecule has 30 heavy (non-hydrogen) atoms.